The molecule has 0 bridgehead atoms. The van der Waals surface area contributed by atoms with Crippen LogP contribution in [0.5, 0.6) is 0 Å². The number of halogens is 1. The van der Waals surface area contributed by atoms with E-state index in [1.807, 2.05) is 41.2 Å². The number of benzene rings is 1. The Labute approximate surface area is 181 Å². The summed E-state index contributed by atoms with van der Waals surface area (Å²) in [6.07, 6.45) is 6.74. The molecule has 7 nitrogen and oxygen atoms in total. The maximum Gasteiger partial charge on any atom is 0.191 e. The highest BCUT2D eigenvalue weighted by atomic mass is 35.5. The number of aliphatic imine (C=N–C) groups is 1. The first-order chi connectivity index (χ1) is 14.7. The Morgan fingerprint density at radius 3 is 2.87 bits per heavy atom. The standard InChI is InChI=1S/C22H26ClN7/c1-24-22(28-19-9-11-29(16-19)21-20(23)8-5-10-25-21)26-12-18-13-27-30(15-18)14-17-6-3-2-4-7-17/h2-8,10,13,15,19H,9,11-12,14,16H2,1H3,(H2,24,26,28). The minimum atomic E-state index is 0.287. The van der Waals surface area contributed by atoms with Crippen LogP contribution >= 0.6 is 11.6 Å². The van der Waals surface area contributed by atoms with E-state index in [0.717, 1.165) is 43.4 Å². The van der Waals surface area contributed by atoms with E-state index in [1.165, 1.54) is 5.56 Å². The first-order valence-electron chi connectivity index (χ1n) is 10.1. The molecule has 4 rings (SSSR count). The van der Waals surface area contributed by atoms with Crippen LogP contribution in [0, 0.1) is 0 Å². The van der Waals surface area contributed by atoms with Crippen molar-refractivity contribution in [2.45, 2.75) is 25.6 Å². The summed E-state index contributed by atoms with van der Waals surface area (Å²) in [6, 6.07) is 14.3. The molecule has 2 aromatic heterocycles. The lowest BCUT2D eigenvalue weighted by atomic mass is 10.2. The number of pyridine rings is 1. The molecule has 1 aliphatic rings. The molecule has 1 aliphatic heterocycles. The first-order valence-corrected chi connectivity index (χ1v) is 10.5. The van der Waals surface area contributed by atoms with Crippen LogP contribution in [-0.4, -0.2) is 46.9 Å². The van der Waals surface area contributed by atoms with E-state index in [9.17, 15) is 0 Å². The number of rotatable bonds is 6. The molecule has 156 valence electrons. The zero-order chi connectivity index (χ0) is 20.8. The summed E-state index contributed by atoms with van der Waals surface area (Å²) >= 11 is 6.29. The van der Waals surface area contributed by atoms with Crippen molar-refractivity contribution in [1.82, 2.24) is 25.4 Å². The summed E-state index contributed by atoms with van der Waals surface area (Å²) in [7, 11) is 1.79. The van der Waals surface area contributed by atoms with Gasteiger partial charge < -0.3 is 15.5 Å². The smallest absolute Gasteiger partial charge is 0.191 e. The second kappa shape index (κ2) is 9.63. The van der Waals surface area contributed by atoms with E-state index in [4.69, 9.17) is 11.6 Å². The number of anilines is 1. The Kier molecular flexibility index (Phi) is 6.49. The topological polar surface area (TPSA) is 70.4 Å². The second-order valence-corrected chi connectivity index (χ2v) is 7.75. The lowest BCUT2D eigenvalue weighted by Crippen LogP contribution is -2.44. The van der Waals surface area contributed by atoms with Crippen molar-refractivity contribution in [3.63, 3.8) is 0 Å². The van der Waals surface area contributed by atoms with Gasteiger partial charge in [0.15, 0.2) is 5.96 Å². The van der Waals surface area contributed by atoms with Gasteiger partial charge in [-0.2, -0.15) is 5.10 Å². The Morgan fingerprint density at radius 2 is 2.07 bits per heavy atom. The monoisotopic (exact) mass is 423 g/mol. The van der Waals surface area contributed by atoms with Crippen LogP contribution in [0.4, 0.5) is 5.82 Å². The Bertz CT molecular complexity index is 986. The van der Waals surface area contributed by atoms with Crippen molar-refractivity contribution in [3.05, 3.63) is 77.2 Å². The van der Waals surface area contributed by atoms with Crippen LogP contribution in [0.15, 0.2) is 66.0 Å². The summed E-state index contributed by atoms with van der Waals surface area (Å²) in [5.74, 6) is 1.63. The molecule has 0 spiro atoms. The van der Waals surface area contributed by atoms with Crippen LogP contribution in [-0.2, 0) is 13.1 Å². The normalized spacial score (nSPS) is 16.7. The maximum absolute atomic E-state index is 6.29. The van der Waals surface area contributed by atoms with Crippen molar-refractivity contribution in [2.24, 2.45) is 4.99 Å². The van der Waals surface area contributed by atoms with Gasteiger partial charge in [-0.05, 0) is 24.1 Å². The predicted octanol–water partition coefficient (Wildman–Crippen LogP) is 2.92. The number of hydrogen-bond donors (Lipinski definition) is 2. The largest absolute Gasteiger partial charge is 0.353 e. The van der Waals surface area contributed by atoms with E-state index >= 15 is 0 Å². The van der Waals surface area contributed by atoms with Gasteiger partial charge >= 0.3 is 0 Å². The molecule has 1 atom stereocenters. The molecule has 2 N–H and O–H groups in total. The second-order valence-electron chi connectivity index (χ2n) is 7.34. The van der Waals surface area contributed by atoms with Gasteiger partial charge in [-0.25, -0.2) is 4.98 Å². The van der Waals surface area contributed by atoms with E-state index in [2.05, 4.69) is 48.9 Å². The van der Waals surface area contributed by atoms with Crippen LogP contribution in [0.1, 0.15) is 17.5 Å². The number of nitrogens with one attached hydrogen (secondary N) is 2. The Balaban J connectivity index is 1.27. The third-order valence-electron chi connectivity index (χ3n) is 5.13. The fourth-order valence-electron chi connectivity index (χ4n) is 3.61. The van der Waals surface area contributed by atoms with Gasteiger partial charge in [-0.3, -0.25) is 9.67 Å². The molecule has 0 saturated carbocycles. The fraction of sp³-hybridized carbons (Fsp3) is 0.318. The van der Waals surface area contributed by atoms with Gasteiger partial charge in [0, 0.05) is 50.7 Å². The van der Waals surface area contributed by atoms with Gasteiger partial charge in [0.05, 0.1) is 17.8 Å². The predicted molar refractivity (Wildman–Crippen MR) is 121 cm³/mol. The molecule has 1 unspecified atom stereocenters. The third kappa shape index (κ3) is 5.10. The van der Waals surface area contributed by atoms with Crippen molar-refractivity contribution in [1.29, 1.82) is 0 Å². The van der Waals surface area contributed by atoms with Crippen molar-refractivity contribution in [2.75, 3.05) is 25.0 Å². The molecule has 1 saturated heterocycles. The fourth-order valence-corrected chi connectivity index (χ4v) is 3.85. The molecule has 1 fully saturated rings. The van der Waals surface area contributed by atoms with Crippen LogP contribution < -0.4 is 15.5 Å². The molecule has 0 amide bonds. The summed E-state index contributed by atoms with van der Waals surface area (Å²) in [4.78, 5) is 11.0. The molecular weight excluding hydrogens is 398 g/mol. The number of hydrogen-bond acceptors (Lipinski definition) is 4. The summed E-state index contributed by atoms with van der Waals surface area (Å²) in [5, 5.41) is 12.0. The molecular formula is C22H26ClN7. The molecule has 0 aliphatic carbocycles. The highest BCUT2D eigenvalue weighted by Gasteiger charge is 2.25. The summed E-state index contributed by atoms with van der Waals surface area (Å²) in [6.45, 7) is 3.18. The molecule has 1 aromatic carbocycles. The summed E-state index contributed by atoms with van der Waals surface area (Å²) in [5.41, 5.74) is 2.35. The highest BCUT2D eigenvalue weighted by molar-refractivity contribution is 6.32. The van der Waals surface area contributed by atoms with Crippen LogP contribution in [0.25, 0.3) is 0 Å². The number of guanidine groups is 1. The zero-order valence-corrected chi connectivity index (χ0v) is 17.8. The van der Waals surface area contributed by atoms with Gasteiger partial charge in [-0.15, -0.1) is 0 Å². The molecule has 0 radical (unpaired) electrons. The first kappa shape index (κ1) is 20.2. The average molecular weight is 424 g/mol. The Hall–Kier alpha value is -3.06. The van der Waals surface area contributed by atoms with Gasteiger partial charge in [0.1, 0.15) is 5.82 Å². The molecule has 8 heteroatoms. The lowest BCUT2D eigenvalue weighted by molar-refractivity contribution is 0.648. The van der Waals surface area contributed by atoms with Gasteiger partial charge in [0.2, 0.25) is 0 Å². The maximum atomic E-state index is 6.29. The number of aromatic nitrogens is 3. The molecule has 3 heterocycles. The molecule has 3 aromatic rings. The van der Waals surface area contributed by atoms with Crippen molar-refractivity contribution < 1.29 is 0 Å². The highest BCUT2D eigenvalue weighted by Crippen LogP contribution is 2.25. The molecule has 30 heavy (non-hydrogen) atoms. The SMILES string of the molecule is CN=C(NCc1cnn(Cc2ccccc2)c1)NC1CCN(c2ncccc2Cl)C1. The van der Waals surface area contributed by atoms with Crippen LogP contribution in [0.2, 0.25) is 5.02 Å². The lowest BCUT2D eigenvalue weighted by Gasteiger charge is -2.20. The van der Waals surface area contributed by atoms with Gasteiger partial charge in [-0.1, -0.05) is 41.9 Å². The van der Waals surface area contributed by atoms with E-state index < -0.39 is 0 Å². The van der Waals surface area contributed by atoms with Crippen molar-refractivity contribution >= 4 is 23.4 Å². The minimum absolute atomic E-state index is 0.287. The zero-order valence-electron chi connectivity index (χ0n) is 17.0. The number of nitrogens with zero attached hydrogens (tertiary/aromatic N) is 5. The van der Waals surface area contributed by atoms with Crippen LogP contribution in [0.3, 0.4) is 0 Å². The van der Waals surface area contributed by atoms with E-state index in [-0.39, 0.29) is 6.04 Å². The quantitative estimate of drug-likeness (QED) is 0.471. The van der Waals surface area contributed by atoms with Crippen molar-refractivity contribution in [3.8, 4) is 0 Å². The Morgan fingerprint density at radius 1 is 1.20 bits per heavy atom. The third-order valence-corrected chi connectivity index (χ3v) is 5.42. The van der Waals surface area contributed by atoms with Gasteiger partial charge in [0.25, 0.3) is 0 Å². The van der Waals surface area contributed by atoms with E-state index in [1.54, 1.807) is 13.2 Å². The van der Waals surface area contributed by atoms with E-state index in [0.29, 0.717) is 11.6 Å². The average Bonchev–Trinajstić information content (AvgIpc) is 3.42. The summed E-state index contributed by atoms with van der Waals surface area (Å²) < 4.78 is 1.95. The minimum Gasteiger partial charge on any atom is -0.353 e.